The molecule has 600 valence electrons. The van der Waals surface area contributed by atoms with Crippen molar-refractivity contribution in [3.8, 4) is 0 Å². The maximum Gasteiger partial charge on any atom is 0.306 e. The Morgan fingerprint density at radius 3 is 0.784 bits per heavy atom. The van der Waals surface area contributed by atoms with Gasteiger partial charge in [0.15, 0.2) is 6.10 Å². The number of phosphoric acid groups is 1. The minimum atomic E-state index is -4.65. The van der Waals surface area contributed by atoms with E-state index in [1.807, 2.05) is 21.1 Å². The predicted octanol–water partition coefficient (Wildman–Crippen LogP) is 29.8. The molecule has 0 rings (SSSR count). The van der Waals surface area contributed by atoms with Crippen molar-refractivity contribution >= 4 is 19.8 Å². The average molecular weight is 1450 g/mol. The van der Waals surface area contributed by atoms with Crippen LogP contribution in [0.5, 0.6) is 0 Å². The smallest absolute Gasteiger partial charge is 0.306 e. The molecule has 0 aliphatic rings. The highest BCUT2D eigenvalue weighted by Crippen LogP contribution is 2.38. The number of ether oxygens (including phenoxy) is 2. The number of unbranched alkanes of at least 4 members (excludes halogenated alkanes) is 61. The van der Waals surface area contributed by atoms with Gasteiger partial charge in [0.05, 0.1) is 27.7 Å². The lowest BCUT2D eigenvalue weighted by atomic mass is 10.0. The Hall–Kier alpha value is -2.29. The summed E-state index contributed by atoms with van der Waals surface area (Å²) >= 11 is 0. The van der Waals surface area contributed by atoms with Gasteiger partial charge in [0.25, 0.3) is 7.82 Å². The van der Waals surface area contributed by atoms with Crippen molar-refractivity contribution < 1.29 is 42.1 Å². The molecule has 10 heteroatoms. The van der Waals surface area contributed by atoms with Crippen molar-refractivity contribution in [2.75, 3.05) is 47.5 Å². The quantitative estimate of drug-likeness (QED) is 0.0195. The SMILES string of the molecule is CCCCCCC/C=C\C/C=C\C/C=C\CCCCCCCCCCCCCCCCCCCCCCCCC(=O)OC(COC(=O)CCCCCCCCCCCCCCCCCCCCCCCCCCCCCCC/C=C\C/C=C\CCCCCCC)COP(=O)([O-])OCC[N+](C)(C)C. The summed E-state index contributed by atoms with van der Waals surface area (Å²) in [6.45, 7) is 4.30. The summed E-state index contributed by atoms with van der Waals surface area (Å²) in [5.74, 6) is -0.806. The molecule has 2 atom stereocenters. The number of quaternary nitrogens is 1. The van der Waals surface area contributed by atoms with Gasteiger partial charge in [-0.15, -0.1) is 0 Å². The highest BCUT2D eigenvalue weighted by molar-refractivity contribution is 7.45. The Balaban J connectivity index is 3.84. The summed E-state index contributed by atoms with van der Waals surface area (Å²) in [7, 11) is 1.19. The van der Waals surface area contributed by atoms with Crippen LogP contribution in [0.25, 0.3) is 0 Å². The van der Waals surface area contributed by atoms with Gasteiger partial charge in [-0.05, 0) is 83.5 Å². The van der Waals surface area contributed by atoms with Crippen molar-refractivity contribution in [3.05, 3.63) is 60.8 Å². The lowest BCUT2D eigenvalue weighted by Crippen LogP contribution is -2.37. The molecule has 0 amide bonds. The van der Waals surface area contributed by atoms with Crippen molar-refractivity contribution in [1.82, 2.24) is 0 Å². The zero-order chi connectivity index (χ0) is 74.0. The Labute approximate surface area is 636 Å². The molecular weight excluding hydrogens is 1280 g/mol. The number of nitrogens with zero attached hydrogens (tertiary/aromatic N) is 1. The van der Waals surface area contributed by atoms with Gasteiger partial charge in [0.1, 0.15) is 19.8 Å². The van der Waals surface area contributed by atoms with Gasteiger partial charge in [0.2, 0.25) is 0 Å². The maximum atomic E-state index is 12.9. The Morgan fingerprint density at radius 2 is 0.529 bits per heavy atom. The predicted molar refractivity (Wildman–Crippen MR) is 443 cm³/mol. The number of likely N-dealkylation sites (N-methyl/N-ethyl adjacent to an activating group) is 1. The fourth-order valence-electron chi connectivity index (χ4n) is 13.6. The van der Waals surface area contributed by atoms with Crippen LogP contribution in [0.1, 0.15) is 463 Å². The minimum Gasteiger partial charge on any atom is -0.756 e. The van der Waals surface area contributed by atoms with Crippen LogP contribution in [0, 0.1) is 0 Å². The van der Waals surface area contributed by atoms with Crippen molar-refractivity contribution in [2.45, 2.75) is 469 Å². The molecule has 0 bridgehead atoms. The topological polar surface area (TPSA) is 111 Å². The lowest BCUT2D eigenvalue weighted by Gasteiger charge is -2.28. The molecule has 0 spiro atoms. The lowest BCUT2D eigenvalue weighted by molar-refractivity contribution is -0.870. The first-order valence-electron chi connectivity index (χ1n) is 45.0. The molecular formula is C92H174NO8P. The van der Waals surface area contributed by atoms with Gasteiger partial charge in [-0.3, -0.25) is 14.2 Å². The van der Waals surface area contributed by atoms with Crippen LogP contribution in [0.15, 0.2) is 60.8 Å². The standard InChI is InChI=1S/C92H174NO8P/c1-6-8-10-12-14-16-18-20-22-24-26-28-30-32-34-36-38-40-42-44-45-46-47-49-50-52-54-56-58-60-62-64-66-68-70-72-74-76-78-80-82-84-91(94)98-88-90(89-100-102(96,97)99-87-86-93(3,4)5)101-92(95)85-83-81-79-77-75-73-71-69-67-65-63-61-59-57-55-53-51-48-43-41-39-37-35-33-31-29-27-25-23-21-19-17-15-13-11-9-7-2/h18-21,24-27,31,33,90H,6-17,22-23,28-30,32,34-89H2,1-5H3/b20-18-,21-19-,26-24-,27-25-,33-31-. The van der Waals surface area contributed by atoms with Gasteiger partial charge in [-0.2, -0.15) is 0 Å². The number of hydrogen-bond donors (Lipinski definition) is 0. The third-order valence-electron chi connectivity index (χ3n) is 20.5. The second-order valence-electron chi connectivity index (χ2n) is 32.0. The summed E-state index contributed by atoms with van der Waals surface area (Å²) in [4.78, 5) is 38.3. The van der Waals surface area contributed by atoms with Gasteiger partial charge < -0.3 is 27.9 Å². The van der Waals surface area contributed by atoms with Crippen molar-refractivity contribution in [1.29, 1.82) is 0 Å². The Morgan fingerprint density at radius 1 is 0.304 bits per heavy atom. The minimum absolute atomic E-state index is 0.0279. The van der Waals surface area contributed by atoms with E-state index in [-0.39, 0.29) is 32.0 Å². The molecule has 0 saturated heterocycles. The third-order valence-corrected chi connectivity index (χ3v) is 21.5. The fraction of sp³-hybridized carbons (Fsp3) is 0.870. The normalized spacial score (nSPS) is 13.2. The van der Waals surface area contributed by atoms with E-state index >= 15 is 0 Å². The first-order chi connectivity index (χ1) is 50.0. The molecule has 0 aromatic rings. The summed E-state index contributed by atoms with van der Waals surface area (Å²) < 4.78 is 34.5. The van der Waals surface area contributed by atoms with Crippen LogP contribution in [0.2, 0.25) is 0 Å². The van der Waals surface area contributed by atoms with E-state index in [2.05, 4.69) is 74.6 Å². The molecule has 0 radical (unpaired) electrons. The molecule has 9 nitrogen and oxygen atoms in total. The summed E-state index contributed by atoms with van der Waals surface area (Å²) in [6.07, 6.45) is 113. The van der Waals surface area contributed by atoms with E-state index in [1.165, 1.54) is 379 Å². The number of hydrogen-bond acceptors (Lipinski definition) is 8. The van der Waals surface area contributed by atoms with Gasteiger partial charge in [-0.1, -0.05) is 428 Å². The average Bonchev–Trinajstić information content (AvgIpc) is 0.913. The second kappa shape index (κ2) is 82.8. The van der Waals surface area contributed by atoms with E-state index in [9.17, 15) is 19.0 Å². The molecule has 0 aliphatic heterocycles. The molecule has 0 aromatic carbocycles. The molecule has 2 unspecified atom stereocenters. The molecule has 0 saturated carbocycles. The van der Waals surface area contributed by atoms with E-state index in [0.29, 0.717) is 17.4 Å². The van der Waals surface area contributed by atoms with E-state index in [1.54, 1.807) is 0 Å². The highest BCUT2D eigenvalue weighted by atomic mass is 31.2. The Bertz CT molecular complexity index is 1910. The highest BCUT2D eigenvalue weighted by Gasteiger charge is 2.22. The number of esters is 2. The molecule has 0 aliphatic carbocycles. The molecule has 0 fully saturated rings. The number of carbonyl (C=O) groups is 2. The largest absolute Gasteiger partial charge is 0.756 e. The van der Waals surface area contributed by atoms with E-state index < -0.39 is 26.5 Å². The summed E-state index contributed by atoms with van der Waals surface area (Å²) in [5, 5.41) is 0. The zero-order valence-electron chi connectivity index (χ0n) is 68.8. The number of rotatable bonds is 85. The summed E-state index contributed by atoms with van der Waals surface area (Å²) in [5.41, 5.74) is 0. The van der Waals surface area contributed by atoms with Crippen molar-refractivity contribution in [3.63, 3.8) is 0 Å². The van der Waals surface area contributed by atoms with Crippen LogP contribution in [-0.4, -0.2) is 70.0 Å². The number of carbonyl (C=O) groups excluding carboxylic acids is 2. The van der Waals surface area contributed by atoms with Crippen LogP contribution < -0.4 is 4.89 Å². The monoisotopic (exact) mass is 1450 g/mol. The molecule has 0 aromatic heterocycles. The van der Waals surface area contributed by atoms with Crippen LogP contribution in [-0.2, 0) is 32.7 Å². The van der Waals surface area contributed by atoms with E-state index in [4.69, 9.17) is 18.5 Å². The zero-order valence-corrected chi connectivity index (χ0v) is 69.7. The maximum absolute atomic E-state index is 12.9. The van der Waals surface area contributed by atoms with Crippen LogP contribution in [0.3, 0.4) is 0 Å². The van der Waals surface area contributed by atoms with Gasteiger partial charge >= 0.3 is 11.9 Å². The van der Waals surface area contributed by atoms with Gasteiger partial charge in [0, 0.05) is 12.8 Å². The second-order valence-corrected chi connectivity index (χ2v) is 33.4. The first-order valence-corrected chi connectivity index (χ1v) is 46.5. The summed E-state index contributed by atoms with van der Waals surface area (Å²) in [6, 6.07) is 0. The molecule has 102 heavy (non-hydrogen) atoms. The van der Waals surface area contributed by atoms with Crippen molar-refractivity contribution in [2.24, 2.45) is 0 Å². The van der Waals surface area contributed by atoms with Gasteiger partial charge in [-0.25, -0.2) is 0 Å². The fourth-order valence-corrected chi connectivity index (χ4v) is 14.4. The number of phosphoric ester groups is 1. The van der Waals surface area contributed by atoms with E-state index in [0.717, 1.165) is 51.4 Å². The first kappa shape index (κ1) is 99.7. The van der Waals surface area contributed by atoms with Crippen LogP contribution >= 0.6 is 7.82 Å². The van der Waals surface area contributed by atoms with Crippen LogP contribution in [0.4, 0.5) is 0 Å². The number of allylic oxidation sites excluding steroid dienone is 10. The third kappa shape index (κ3) is 86.6. The Kier molecular flexibility index (Phi) is 80.9. The molecule has 0 N–H and O–H groups in total. The molecule has 0 heterocycles.